The molecule has 20 nitrogen and oxygen atoms in total. The number of fused-ring (bicyclic) bond motifs is 2. The number of nitrogens with one attached hydrogen (secondary N) is 3. The van der Waals surface area contributed by atoms with Gasteiger partial charge < -0.3 is 39.0 Å². The molecule has 5 heterocycles. The van der Waals surface area contributed by atoms with Crippen molar-refractivity contribution < 1.29 is 52.3 Å². The van der Waals surface area contributed by atoms with E-state index in [1.165, 1.54) is 16.7 Å². The number of ether oxygens (including phenoxy) is 4. The van der Waals surface area contributed by atoms with Gasteiger partial charge in [0.15, 0.2) is 0 Å². The fourth-order valence-electron chi connectivity index (χ4n) is 6.52. The van der Waals surface area contributed by atoms with Crippen LogP contribution < -0.4 is 25.3 Å². The number of nitrogens with zero attached hydrogens (tertiary/aromatic N) is 7. The summed E-state index contributed by atoms with van der Waals surface area (Å²) < 4.78 is 29.8. The second-order valence-corrected chi connectivity index (χ2v) is 18.4. The first kappa shape index (κ1) is 47.2. The number of rotatable bonds is 17. The number of carbonyl (C=O) groups is 5. The first-order valence-electron chi connectivity index (χ1n) is 20.6. The Labute approximate surface area is 378 Å². The minimum absolute atomic E-state index is 0.0514. The number of pyridine rings is 1. The van der Waals surface area contributed by atoms with E-state index >= 15 is 0 Å². The molecule has 0 radical (unpaired) electrons. The van der Waals surface area contributed by atoms with E-state index in [-0.39, 0.29) is 42.1 Å². The van der Waals surface area contributed by atoms with Crippen LogP contribution in [0.3, 0.4) is 0 Å². The monoisotopic (exact) mass is 921 g/mol. The summed E-state index contributed by atoms with van der Waals surface area (Å²) in [6, 6.07) is 9.86. The highest BCUT2D eigenvalue weighted by atomic mass is 32.2. The highest BCUT2D eigenvalue weighted by Crippen LogP contribution is 2.41. The Morgan fingerprint density at radius 3 is 2.44 bits per heavy atom. The quantitative estimate of drug-likeness (QED) is 0.0249. The number of amides is 4. The summed E-state index contributed by atoms with van der Waals surface area (Å²) in [5.74, 6) is -1.23. The number of unbranched alkanes of at least 4 members (excludes halogenated alkanes) is 1. The maximum absolute atomic E-state index is 14.1. The van der Waals surface area contributed by atoms with Crippen LogP contribution in [0.15, 0.2) is 65.3 Å². The van der Waals surface area contributed by atoms with Crippen molar-refractivity contribution in [3.05, 3.63) is 71.6 Å². The van der Waals surface area contributed by atoms with Crippen molar-refractivity contribution in [2.75, 3.05) is 31.3 Å². The molecule has 0 bridgehead atoms. The number of oxime groups is 1. The number of aromatic nitrogens is 5. The Hall–Kier alpha value is -6.29. The summed E-state index contributed by atoms with van der Waals surface area (Å²) in [6.45, 7) is 13.6. The van der Waals surface area contributed by atoms with E-state index in [0.717, 1.165) is 29.9 Å². The molecule has 342 valence electrons. The lowest BCUT2D eigenvalue weighted by molar-refractivity contribution is -0.664. The van der Waals surface area contributed by atoms with Gasteiger partial charge in [-0.1, -0.05) is 17.3 Å². The van der Waals surface area contributed by atoms with Crippen LogP contribution in [0.25, 0.3) is 11.2 Å². The second kappa shape index (κ2) is 20.5. The van der Waals surface area contributed by atoms with Gasteiger partial charge in [0.1, 0.15) is 59.3 Å². The van der Waals surface area contributed by atoms with E-state index in [1.807, 2.05) is 48.2 Å². The number of benzene rings is 1. The number of esters is 1. The summed E-state index contributed by atoms with van der Waals surface area (Å²) in [5.41, 5.74) is 1.29. The van der Waals surface area contributed by atoms with Crippen molar-refractivity contribution in [1.29, 1.82) is 0 Å². The third kappa shape index (κ3) is 12.0. The van der Waals surface area contributed by atoms with Crippen molar-refractivity contribution in [1.82, 2.24) is 34.4 Å². The molecule has 1 aromatic carbocycles. The standard InChI is InChI=1S/C42H52N10O10S2/c1-9-60-48-29(32-46-38(64-49-32)47-40(57)62-42(5,6)7)34(53)45-30-35(54)52-31(37(55)59-22-25-14-16-27(58-8)17-15-25)26(23-63-36(30)52)21-50-20-12-13-28-33(50)44-24-51(28)19-11-10-18-43-39(56)61-41(2,3)4/h12-17,20,24,30,36H,9-11,18-19,21-23H2,1-8H3,(H2-,43,45,46,47,49,53,56,57)/p+1. The van der Waals surface area contributed by atoms with Crippen molar-refractivity contribution in [2.24, 2.45) is 5.16 Å². The number of anilines is 1. The maximum atomic E-state index is 14.1. The van der Waals surface area contributed by atoms with Crippen molar-refractivity contribution in [3.63, 3.8) is 0 Å². The Morgan fingerprint density at radius 2 is 1.73 bits per heavy atom. The largest absolute Gasteiger partial charge is 0.497 e. The van der Waals surface area contributed by atoms with Crippen LogP contribution in [0.5, 0.6) is 5.75 Å². The molecule has 2 aliphatic heterocycles. The normalized spacial score (nSPS) is 16.4. The van der Waals surface area contributed by atoms with Gasteiger partial charge in [0.05, 0.1) is 13.3 Å². The molecule has 1 fully saturated rings. The molecular formula is C42H53N10O10S2+. The molecular weight excluding hydrogens is 869 g/mol. The number of β-lactam (4-membered cyclic amide) rings is 1. The van der Waals surface area contributed by atoms with E-state index in [0.29, 0.717) is 41.4 Å². The molecule has 2 aliphatic rings. The van der Waals surface area contributed by atoms with Crippen LogP contribution in [-0.4, -0.2) is 108 Å². The number of carbonyl (C=O) groups excluding carboxylic acids is 5. The SMILES string of the molecule is CCON=C(C(=O)NC1C(=O)N2C(C(=O)OCc3ccc(OC)cc3)=C(C[n+]3cccc4c3ncn4CCCCNC(=O)OC(C)(C)C)CSC12)c1nsc(NC(=O)OC(C)(C)C)n1. The Balaban J connectivity index is 1.19. The number of hydrogen-bond acceptors (Lipinski definition) is 16. The lowest BCUT2D eigenvalue weighted by atomic mass is 10.0. The second-order valence-electron chi connectivity index (χ2n) is 16.6. The smallest absolute Gasteiger partial charge is 0.414 e. The number of hydrogen-bond donors (Lipinski definition) is 3. The molecule has 64 heavy (non-hydrogen) atoms. The molecule has 2 atom stereocenters. The molecule has 6 rings (SSSR count). The summed E-state index contributed by atoms with van der Waals surface area (Å²) in [4.78, 5) is 81.9. The van der Waals surface area contributed by atoms with Gasteiger partial charge in [0, 0.05) is 35.9 Å². The fourth-order valence-corrected chi connectivity index (χ4v) is 8.41. The lowest BCUT2D eigenvalue weighted by Crippen LogP contribution is -2.71. The Morgan fingerprint density at radius 1 is 1.00 bits per heavy atom. The van der Waals surface area contributed by atoms with E-state index < -0.39 is 52.6 Å². The summed E-state index contributed by atoms with van der Waals surface area (Å²) in [6.07, 6.45) is 3.89. The van der Waals surface area contributed by atoms with Gasteiger partial charge in [0.25, 0.3) is 11.8 Å². The summed E-state index contributed by atoms with van der Waals surface area (Å²) >= 11 is 2.18. The molecule has 2 unspecified atom stereocenters. The lowest BCUT2D eigenvalue weighted by Gasteiger charge is -2.49. The van der Waals surface area contributed by atoms with Crippen LogP contribution in [0.2, 0.25) is 0 Å². The topological polar surface area (TPSA) is 231 Å². The van der Waals surface area contributed by atoms with Crippen LogP contribution >= 0.6 is 23.3 Å². The molecule has 22 heteroatoms. The van der Waals surface area contributed by atoms with Crippen LogP contribution in [-0.2, 0) is 53.1 Å². The van der Waals surface area contributed by atoms with Crippen molar-refractivity contribution >= 4 is 75.3 Å². The highest BCUT2D eigenvalue weighted by molar-refractivity contribution is 8.00. The van der Waals surface area contributed by atoms with Gasteiger partial charge in [-0.15, -0.1) is 11.8 Å². The van der Waals surface area contributed by atoms with E-state index in [1.54, 1.807) is 65.4 Å². The van der Waals surface area contributed by atoms with E-state index in [2.05, 4.69) is 30.5 Å². The zero-order valence-corrected chi connectivity index (χ0v) is 38.6. The van der Waals surface area contributed by atoms with Gasteiger partial charge in [0.2, 0.25) is 23.0 Å². The van der Waals surface area contributed by atoms with Gasteiger partial charge in [-0.05, 0) is 96.1 Å². The third-order valence-corrected chi connectivity index (χ3v) is 11.3. The molecule has 0 aliphatic carbocycles. The van der Waals surface area contributed by atoms with Crippen molar-refractivity contribution in [3.8, 4) is 5.75 Å². The van der Waals surface area contributed by atoms with Crippen LogP contribution in [0.1, 0.15) is 72.7 Å². The number of alkyl carbamates (subject to hydrolysis) is 1. The average molecular weight is 922 g/mol. The van der Waals surface area contributed by atoms with Crippen LogP contribution in [0, 0.1) is 0 Å². The van der Waals surface area contributed by atoms with Gasteiger partial charge >= 0.3 is 23.8 Å². The fraction of sp³-hybridized carbons (Fsp3) is 0.476. The predicted molar refractivity (Wildman–Crippen MR) is 236 cm³/mol. The molecule has 4 aromatic rings. The molecule has 1 saturated heterocycles. The van der Waals surface area contributed by atoms with E-state index in [4.69, 9.17) is 28.8 Å². The minimum atomic E-state index is -1.06. The highest BCUT2D eigenvalue weighted by Gasteiger charge is 2.55. The van der Waals surface area contributed by atoms with Gasteiger partial charge in [-0.25, -0.2) is 19.0 Å². The Bertz CT molecular complexity index is 2420. The molecule has 0 saturated carbocycles. The number of thioether (sulfide) groups is 1. The summed E-state index contributed by atoms with van der Waals surface area (Å²) in [5, 5.41) is 11.3. The Kier molecular flexibility index (Phi) is 15.1. The molecule has 3 aromatic heterocycles. The minimum Gasteiger partial charge on any atom is -0.497 e. The molecule has 0 spiro atoms. The predicted octanol–water partition coefficient (Wildman–Crippen LogP) is 4.67. The zero-order valence-electron chi connectivity index (χ0n) is 37.0. The first-order valence-corrected chi connectivity index (χ1v) is 22.4. The van der Waals surface area contributed by atoms with Crippen molar-refractivity contribution in [2.45, 2.75) is 104 Å². The molecule has 4 amide bonds. The summed E-state index contributed by atoms with van der Waals surface area (Å²) in [7, 11) is 1.56. The maximum Gasteiger partial charge on any atom is 0.414 e. The van der Waals surface area contributed by atoms with Gasteiger partial charge in [-0.2, -0.15) is 9.36 Å². The zero-order chi connectivity index (χ0) is 46.2. The molecule has 3 N–H and O–H groups in total. The van der Waals surface area contributed by atoms with E-state index in [9.17, 15) is 24.0 Å². The van der Waals surface area contributed by atoms with Gasteiger partial charge in [-0.3, -0.25) is 19.8 Å². The number of imidazole rings is 1. The first-order chi connectivity index (χ1) is 30.4. The van der Waals surface area contributed by atoms with Crippen LogP contribution in [0.4, 0.5) is 14.7 Å². The average Bonchev–Trinajstić information content (AvgIpc) is 3.88. The number of aryl methyl sites for hydroxylation is 1. The third-order valence-electron chi connectivity index (χ3n) is 9.31. The number of methoxy groups -OCH3 is 1.